The Labute approximate surface area is 89.6 Å². The molecular formula is C7H4Cl3NO2. The van der Waals surface area contributed by atoms with Crippen LogP contribution < -0.4 is 0 Å². The highest BCUT2D eigenvalue weighted by Gasteiger charge is 2.07. The second-order valence-corrected chi connectivity index (χ2v) is 3.25. The minimum absolute atomic E-state index is 0.0279. The Morgan fingerprint density at radius 3 is 2.69 bits per heavy atom. The van der Waals surface area contributed by atoms with Gasteiger partial charge >= 0.3 is 0 Å². The van der Waals surface area contributed by atoms with Crippen molar-refractivity contribution in [1.29, 1.82) is 0 Å². The molecule has 0 fully saturated rings. The van der Waals surface area contributed by atoms with E-state index in [2.05, 4.69) is 9.72 Å². The standard InChI is InChI=1S/C7H4Cl3NO2/c8-5-1-4(2-13-3-12)11-7(10)6(5)9/h1,3H,2H2. The summed E-state index contributed by atoms with van der Waals surface area (Å²) in [5, 5.41) is 0.572. The summed E-state index contributed by atoms with van der Waals surface area (Å²) in [6.45, 7) is 0.345. The van der Waals surface area contributed by atoms with Gasteiger partial charge in [0.05, 0.1) is 15.7 Å². The number of halogens is 3. The van der Waals surface area contributed by atoms with Crippen LogP contribution in [0.15, 0.2) is 6.07 Å². The van der Waals surface area contributed by atoms with Crippen molar-refractivity contribution in [2.24, 2.45) is 0 Å². The highest BCUT2D eigenvalue weighted by molar-refractivity contribution is 6.47. The molecule has 0 saturated heterocycles. The molecule has 0 bridgehead atoms. The second-order valence-electron chi connectivity index (χ2n) is 2.11. The first-order valence-electron chi connectivity index (χ1n) is 3.21. The van der Waals surface area contributed by atoms with Crippen molar-refractivity contribution in [1.82, 2.24) is 4.98 Å². The molecule has 1 aromatic heterocycles. The van der Waals surface area contributed by atoms with E-state index in [1.807, 2.05) is 0 Å². The largest absolute Gasteiger partial charge is 0.461 e. The van der Waals surface area contributed by atoms with Crippen molar-refractivity contribution in [2.45, 2.75) is 6.61 Å². The van der Waals surface area contributed by atoms with Gasteiger partial charge in [0.1, 0.15) is 11.8 Å². The van der Waals surface area contributed by atoms with Crippen molar-refractivity contribution in [3.63, 3.8) is 0 Å². The van der Waals surface area contributed by atoms with Gasteiger partial charge in [-0.3, -0.25) is 4.79 Å². The Bertz CT molecular complexity index is 307. The van der Waals surface area contributed by atoms with E-state index in [4.69, 9.17) is 34.8 Å². The van der Waals surface area contributed by atoms with Gasteiger partial charge < -0.3 is 4.74 Å². The average molecular weight is 240 g/mol. The summed E-state index contributed by atoms with van der Waals surface area (Å²) in [7, 11) is 0. The normalized spacial score (nSPS) is 9.77. The second kappa shape index (κ2) is 4.65. The van der Waals surface area contributed by atoms with E-state index in [1.54, 1.807) is 0 Å². The van der Waals surface area contributed by atoms with Gasteiger partial charge in [-0.1, -0.05) is 34.8 Å². The fourth-order valence-electron chi connectivity index (χ4n) is 0.709. The first-order valence-corrected chi connectivity index (χ1v) is 4.34. The van der Waals surface area contributed by atoms with E-state index in [1.165, 1.54) is 6.07 Å². The lowest BCUT2D eigenvalue weighted by Crippen LogP contribution is -1.94. The lowest BCUT2D eigenvalue weighted by molar-refractivity contribution is -0.129. The lowest BCUT2D eigenvalue weighted by atomic mass is 10.4. The van der Waals surface area contributed by atoms with E-state index in [-0.39, 0.29) is 21.8 Å². The lowest BCUT2D eigenvalue weighted by Gasteiger charge is -2.02. The molecule has 1 heterocycles. The molecule has 0 aliphatic rings. The number of hydrogen-bond acceptors (Lipinski definition) is 3. The molecule has 0 aromatic carbocycles. The molecule has 0 aliphatic carbocycles. The fourth-order valence-corrected chi connectivity index (χ4v) is 1.28. The molecule has 0 unspecified atom stereocenters. The fraction of sp³-hybridized carbons (Fsp3) is 0.143. The van der Waals surface area contributed by atoms with Crippen LogP contribution in [0.3, 0.4) is 0 Å². The van der Waals surface area contributed by atoms with Crippen LogP contribution in [0.25, 0.3) is 0 Å². The quantitative estimate of drug-likeness (QED) is 0.602. The summed E-state index contributed by atoms with van der Waals surface area (Å²) in [4.78, 5) is 13.7. The monoisotopic (exact) mass is 239 g/mol. The molecule has 0 spiro atoms. The number of rotatable bonds is 3. The van der Waals surface area contributed by atoms with E-state index in [0.717, 1.165) is 0 Å². The minimum Gasteiger partial charge on any atom is -0.461 e. The van der Waals surface area contributed by atoms with Crippen molar-refractivity contribution in [2.75, 3.05) is 0 Å². The molecule has 0 N–H and O–H groups in total. The maximum atomic E-state index is 9.87. The van der Waals surface area contributed by atoms with E-state index in [0.29, 0.717) is 12.2 Å². The Hall–Kier alpha value is -0.510. The minimum atomic E-state index is 0.0279. The van der Waals surface area contributed by atoms with Crippen LogP contribution in [0, 0.1) is 0 Å². The molecule has 0 atom stereocenters. The van der Waals surface area contributed by atoms with Crippen LogP contribution in [0.4, 0.5) is 0 Å². The van der Waals surface area contributed by atoms with Crippen LogP contribution >= 0.6 is 34.8 Å². The van der Waals surface area contributed by atoms with Crippen LogP contribution in [0.5, 0.6) is 0 Å². The summed E-state index contributed by atoms with van der Waals surface area (Å²) >= 11 is 17.0. The van der Waals surface area contributed by atoms with Crippen LogP contribution in [0.1, 0.15) is 5.69 Å². The van der Waals surface area contributed by atoms with Crippen molar-refractivity contribution in [3.05, 3.63) is 27.0 Å². The highest BCUT2D eigenvalue weighted by Crippen LogP contribution is 2.28. The summed E-state index contributed by atoms with van der Waals surface area (Å²) in [5.41, 5.74) is 0.450. The topological polar surface area (TPSA) is 39.2 Å². The Kier molecular flexibility index (Phi) is 3.78. The zero-order chi connectivity index (χ0) is 9.84. The Morgan fingerprint density at radius 1 is 1.46 bits per heavy atom. The highest BCUT2D eigenvalue weighted by atomic mass is 35.5. The molecule has 0 amide bonds. The van der Waals surface area contributed by atoms with Gasteiger partial charge in [0.25, 0.3) is 6.47 Å². The van der Waals surface area contributed by atoms with E-state index < -0.39 is 0 Å². The average Bonchev–Trinajstić information content (AvgIpc) is 2.10. The van der Waals surface area contributed by atoms with Gasteiger partial charge in [-0.15, -0.1) is 0 Å². The van der Waals surface area contributed by atoms with Gasteiger partial charge in [0, 0.05) is 0 Å². The molecule has 3 nitrogen and oxygen atoms in total. The number of carbonyl (C=O) groups excluding carboxylic acids is 1. The van der Waals surface area contributed by atoms with Gasteiger partial charge in [-0.2, -0.15) is 0 Å². The van der Waals surface area contributed by atoms with Crippen molar-refractivity contribution >= 4 is 41.3 Å². The molecule has 1 aromatic rings. The SMILES string of the molecule is O=COCc1cc(Cl)c(Cl)c(Cl)n1. The van der Waals surface area contributed by atoms with Gasteiger partial charge in [0.2, 0.25) is 0 Å². The Morgan fingerprint density at radius 2 is 2.15 bits per heavy atom. The van der Waals surface area contributed by atoms with Gasteiger partial charge in [0.15, 0.2) is 0 Å². The molecule has 0 radical (unpaired) electrons. The number of pyridine rings is 1. The molecule has 70 valence electrons. The maximum absolute atomic E-state index is 9.87. The number of carbonyl (C=O) groups is 1. The predicted octanol–water partition coefficient (Wildman–Crippen LogP) is 2.71. The van der Waals surface area contributed by atoms with Crippen LogP contribution in [-0.2, 0) is 16.1 Å². The summed E-state index contributed by atoms with van der Waals surface area (Å²) in [5.74, 6) is 0. The summed E-state index contributed by atoms with van der Waals surface area (Å²) in [6.07, 6.45) is 0. The first kappa shape index (κ1) is 10.6. The molecule has 0 aliphatic heterocycles. The number of hydrogen-bond donors (Lipinski definition) is 0. The van der Waals surface area contributed by atoms with Crippen molar-refractivity contribution < 1.29 is 9.53 Å². The molecule has 13 heavy (non-hydrogen) atoms. The molecule has 1 rings (SSSR count). The number of ether oxygens (including phenoxy) is 1. The molecular weight excluding hydrogens is 236 g/mol. The smallest absolute Gasteiger partial charge is 0.293 e. The van der Waals surface area contributed by atoms with Crippen LogP contribution in [-0.4, -0.2) is 11.5 Å². The van der Waals surface area contributed by atoms with E-state index >= 15 is 0 Å². The predicted molar refractivity (Wildman–Crippen MR) is 50.1 cm³/mol. The number of aromatic nitrogens is 1. The zero-order valence-corrected chi connectivity index (χ0v) is 8.53. The zero-order valence-electron chi connectivity index (χ0n) is 6.26. The van der Waals surface area contributed by atoms with Gasteiger partial charge in [-0.25, -0.2) is 4.98 Å². The molecule has 6 heteroatoms. The third-order valence-electron chi connectivity index (χ3n) is 1.23. The van der Waals surface area contributed by atoms with Crippen molar-refractivity contribution in [3.8, 4) is 0 Å². The third-order valence-corrected chi connectivity index (χ3v) is 2.37. The molecule has 0 saturated carbocycles. The summed E-state index contributed by atoms with van der Waals surface area (Å²) < 4.78 is 4.47. The van der Waals surface area contributed by atoms with E-state index in [9.17, 15) is 4.79 Å². The Balaban J connectivity index is 2.92. The first-order chi connectivity index (χ1) is 6.15. The van der Waals surface area contributed by atoms with Gasteiger partial charge in [-0.05, 0) is 6.07 Å². The summed E-state index contributed by atoms with van der Waals surface area (Å²) in [6, 6.07) is 1.49. The van der Waals surface area contributed by atoms with Crippen LogP contribution in [0.2, 0.25) is 15.2 Å². The number of nitrogens with zero attached hydrogens (tertiary/aromatic N) is 1. The maximum Gasteiger partial charge on any atom is 0.293 e. The third kappa shape index (κ3) is 2.72.